The monoisotopic (exact) mass is 326 g/mol. The molecule has 2 N–H and O–H groups in total. The number of nitrogens with one attached hydrogen (secondary N) is 2. The first-order chi connectivity index (χ1) is 11.3. The molecule has 4 nitrogen and oxygen atoms in total. The maximum Gasteiger partial charge on any atom is 0.186 e. The number of hydrazone groups is 1. The summed E-state index contributed by atoms with van der Waals surface area (Å²) >= 11 is 5.12. The highest BCUT2D eigenvalue weighted by Crippen LogP contribution is 2.31. The molecule has 0 bridgehead atoms. The van der Waals surface area contributed by atoms with E-state index in [9.17, 15) is 0 Å². The van der Waals surface area contributed by atoms with Gasteiger partial charge < -0.3 is 10.2 Å². The molecule has 0 radical (unpaired) electrons. The van der Waals surface area contributed by atoms with Gasteiger partial charge in [0.1, 0.15) is 0 Å². The number of thiocarbonyl (C=S) groups is 1. The Labute approximate surface area is 142 Å². The van der Waals surface area contributed by atoms with Crippen LogP contribution in [0.15, 0.2) is 41.5 Å². The molecule has 1 saturated heterocycles. The standard InChI is InChI=1S/C18H22N4S/c1-2-19-18(23)21-20-13-14-9-10-17(22-11-5-6-12-22)16-8-4-3-7-15(14)16/h3-4,7-10,13H,2,5-6,11-12H2,1H3,(H2,19,21,23). The van der Waals surface area contributed by atoms with Crippen LogP contribution in [0.5, 0.6) is 0 Å². The summed E-state index contributed by atoms with van der Waals surface area (Å²) in [5, 5.41) is 10.3. The Morgan fingerprint density at radius 1 is 1.17 bits per heavy atom. The lowest BCUT2D eigenvalue weighted by molar-refractivity contribution is 0.904. The van der Waals surface area contributed by atoms with Crippen LogP contribution in [0.1, 0.15) is 25.3 Å². The third-order valence-electron chi connectivity index (χ3n) is 4.09. The molecule has 0 spiro atoms. The van der Waals surface area contributed by atoms with Gasteiger partial charge in [-0.15, -0.1) is 0 Å². The van der Waals surface area contributed by atoms with Gasteiger partial charge in [0.2, 0.25) is 0 Å². The van der Waals surface area contributed by atoms with E-state index in [0.717, 1.165) is 25.2 Å². The van der Waals surface area contributed by atoms with Crippen LogP contribution in [0.2, 0.25) is 0 Å². The van der Waals surface area contributed by atoms with Crippen molar-refractivity contribution >= 4 is 40.0 Å². The molecule has 0 aliphatic carbocycles. The van der Waals surface area contributed by atoms with Crippen molar-refractivity contribution in [3.05, 3.63) is 42.0 Å². The zero-order valence-corrected chi connectivity index (χ0v) is 14.2. The van der Waals surface area contributed by atoms with E-state index in [-0.39, 0.29) is 0 Å². The molecule has 0 unspecified atom stereocenters. The van der Waals surface area contributed by atoms with Gasteiger partial charge in [-0.1, -0.05) is 30.3 Å². The highest BCUT2D eigenvalue weighted by molar-refractivity contribution is 7.80. The van der Waals surface area contributed by atoms with Gasteiger partial charge in [-0.05, 0) is 43.4 Å². The average Bonchev–Trinajstić information content (AvgIpc) is 3.09. The van der Waals surface area contributed by atoms with Gasteiger partial charge in [-0.2, -0.15) is 5.10 Å². The lowest BCUT2D eigenvalue weighted by atomic mass is 10.0. The van der Waals surface area contributed by atoms with Crippen molar-refractivity contribution < 1.29 is 0 Å². The molecule has 0 atom stereocenters. The molecule has 3 rings (SSSR count). The first-order valence-corrected chi connectivity index (χ1v) is 8.54. The van der Waals surface area contributed by atoms with Crippen LogP contribution < -0.4 is 15.6 Å². The number of anilines is 1. The molecule has 5 heteroatoms. The smallest absolute Gasteiger partial charge is 0.186 e. The highest BCUT2D eigenvalue weighted by Gasteiger charge is 2.15. The van der Waals surface area contributed by atoms with Crippen LogP contribution >= 0.6 is 12.2 Å². The number of hydrogen-bond donors (Lipinski definition) is 2. The van der Waals surface area contributed by atoms with Crippen LogP contribution in [-0.4, -0.2) is 31.0 Å². The van der Waals surface area contributed by atoms with Gasteiger partial charge in [0.15, 0.2) is 5.11 Å². The topological polar surface area (TPSA) is 39.7 Å². The van der Waals surface area contributed by atoms with E-state index in [1.165, 1.54) is 29.3 Å². The fourth-order valence-corrected chi connectivity index (χ4v) is 3.21. The van der Waals surface area contributed by atoms with E-state index in [1.807, 2.05) is 13.1 Å². The minimum absolute atomic E-state index is 0.543. The van der Waals surface area contributed by atoms with Crippen LogP contribution in [0, 0.1) is 0 Å². The number of hydrogen-bond acceptors (Lipinski definition) is 3. The normalized spacial score (nSPS) is 14.6. The van der Waals surface area contributed by atoms with Crippen molar-refractivity contribution in [1.82, 2.24) is 10.7 Å². The zero-order valence-electron chi connectivity index (χ0n) is 13.4. The average molecular weight is 326 g/mol. The van der Waals surface area contributed by atoms with Crippen molar-refractivity contribution in [3.8, 4) is 0 Å². The molecule has 120 valence electrons. The molecule has 1 aliphatic heterocycles. The molecule has 1 heterocycles. The SMILES string of the molecule is CCNC(=S)NN=Cc1ccc(N2CCCC2)c2ccccc12. The molecule has 0 saturated carbocycles. The van der Waals surface area contributed by atoms with E-state index in [4.69, 9.17) is 12.2 Å². The van der Waals surface area contributed by atoms with Gasteiger partial charge in [0, 0.05) is 36.3 Å². The maximum atomic E-state index is 5.12. The maximum absolute atomic E-state index is 5.12. The third-order valence-corrected chi connectivity index (χ3v) is 4.32. The summed E-state index contributed by atoms with van der Waals surface area (Å²) in [7, 11) is 0. The summed E-state index contributed by atoms with van der Waals surface area (Å²) in [6.45, 7) is 5.09. The lowest BCUT2D eigenvalue weighted by Gasteiger charge is -2.20. The van der Waals surface area contributed by atoms with Crippen molar-refractivity contribution in [2.24, 2.45) is 5.10 Å². The van der Waals surface area contributed by atoms with E-state index in [0.29, 0.717) is 5.11 Å². The summed E-state index contributed by atoms with van der Waals surface area (Å²) in [4.78, 5) is 2.47. The molecule has 0 amide bonds. The third kappa shape index (κ3) is 3.62. The van der Waals surface area contributed by atoms with E-state index >= 15 is 0 Å². The molecule has 23 heavy (non-hydrogen) atoms. The number of rotatable bonds is 4. The number of fused-ring (bicyclic) bond motifs is 1. The van der Waals surface area contributed by atoms with Crippen LogP contribution in [0.25, 0.3) is 10.8 Å². The molecule has 1 aliphatic rings. The first kappa shape index (κ1) is 15.7. The summed E-state index contributed by atoms with van der Waals surface area (Å²) in [6.07, 6.45) is 4.40. The Bertz CT molecular complexity index is 720. The van der Waals surface area contributed by atoms with Gasteiger partial charge in [-0.3, -0.25) is 5.43 Å². The first-order valence-electron chi connectivity index (χ1n) is 8.13. The second kappa shape index (κ2) is 7.42. The predicted molar refractivity (Wildman–Crippen MR) is 102 cm³/mol. The fraction of sp³-hybridized carbons (Fsp3) is 0.333. The molecular weight excluding hydrogens is 304 g/mol. The Morgan fingerprint density at radius 3 is 2.65 bits per heavy atom. The summed E-state index contributed by atoms with van der Waals surface area (Å²) < 4.78 is 0. The molecule has 1 fully saturated rings. The number of nitrogens with zero attached hydrogens (tertiary/aromatic N) is 2. The van der Waals surface area contributed by atoms with E-state index in [2.05, 4.69) is 57.1 Å². The van der Waals surface area contributed by atoms with Crippen molar-refractivity contribution in [2.45, 2.75) is 19.8 Å². The quantitative estimate of drug-likeness (QED) is 0.514. The molecule has 2 aromatic rings. The largest absolute Gasteiger partial charge is 0.371 e. The minimum Gasteiger partial charge on any atom is -0.371 e. The second-order valence-electron chi connectivity index (χ2n) is 5.64. The second-order valence-corrected chi connectivity index (χ2v) is 6.05. The molecular formula is C18H22N4S. The summed E-state index contributed by atoms with van der Waals surface area (Å²) in [5.41, 5.74) is 5.26. The van der Waals surface area contributed by atoms with Gasteiger partial charge >= 0.3 is 0 Å². The Kier molecular flexibility index (Phi) is 5.08. The molecule has 2 aromatic carbocycles. The fourth-order valence-electron chi connectivity index (χ4n) is 3.01. The van der Waals surface area contributed by atoms with Crippen molar-refractivity contribution in [3.63, 3.8) is 0 Å². The molecule has 0 aromatic heterocycles. The number of benzene rings is 2. The van der Waals surface area contributed by atoms with Crippen LogP contribution in [0.4, 0.5) is 5.69 Å². The summed E-state index contributed by atoms with van der Waals surface area (Å²) in [5.74, 6) is 0. The Balaban J connectivity index is 1.88. The van der Waals surface area contributed by atoms with Crippen molar-refractivity contribution in [2.75, 3.05) is 24.5 Å². The van der Waals surface area contributed by atoms with Gasteiger partial charge in [0.05, 0.1) is 6.21 Å². The van der Waals surface area contributed by atoms with Gasteiger partial charge in [-0.25, -0.2) is 0 Å². The Morgan fingerprint density at radius 2 is 1.91 bits per heavy atom. The summed E-state index contributed by atoms with van der Waals surface area (Å²) in [6, 6.07) is 12.9. The van der Waals surface area contributed by atoms with Crippen molar-refractivity contribution in [1.29, 1.82) is 0 Å². The highest BCUT2D eigenvalue weighted by atomic mass is 32.1. The van der Waals surface area contributed by atoms with Gasteiger partial charge in [0.25, 0.3) is 0 Å². The zero-order chi connectivity index (χ0) is 16.1. The Hall–Kier alpha value is -2.14. The van der Waals surface area contributed by atoms with E-state index in [1.54, 1.807) is 0 Å². The minimum atomic E-state index is 0.543. The van der Waals surface area contributed by atoms with Crippen LogP contribution in [-0.2, 0) is 0 Å². The predicted octanol–water partition coefficient (Wildman–Crippen LogP) is 3.26. The van der Waals surface area contributed by atoms with E-state index < -0.39 is 0 Å². The lowest BCUT2D eigenvalue weighted by Crippen LogP contribution is -2.31. The van der Waals surface area contributed by atoms with Crippen LogP contribution in [0.3, 0.4) is 0 Å².